The summed E-state index contributed by atoms with van der Waals surface area (Å²) in [4.78, 5) is 2.31. The molecule has 1 aliphatic carbocycles. The summed E-state index contributed by atoms with van der Waals surface area (Å²) in [5.74, 6) is 1.00. The van der Waals surface area contributed by atoms with E-state index in [-0.39, 0.29) is 0 Å². The molecule has 1 aromatic rings. The van der Waals surface area contributed by atoms with Gasteiger partial charge in [0, 0.05) is 19.6 Å². The summed E-state index contributed by atoms with van der Waals surface area (Å²) >= 11 is 5.28. The highest BCUT2D eigenvalue weighted by atomic mass is 32.1. The standard InChI is InChI=1S/C12H22N4S/c1-3-9-16-11(13-14-12(16)17)15(2)10-7-5-4-6-8-10/h10H,3-9H2,1-2H3,(H,14,17). The molecule has 1 N–H and O–H groups in total. The Balaban J connectivity index is 2.17. The van der Waals surface area contributed by atoms with Crippen molar-refractivity contribution in [1.29, 1.82) is 0 Å². The molecule has 0 aromatic carbocycles. The molecule has 1 aromatic heterocycles. The van der Waals surface area contributed by atoms with E-state index in [2.05, 4.69) is 33.6 Å². The number of nitrogens with one attached hydrogen (secondary N) is 1. The lowest BCUT2D eigenvalue weighted by Gasteiger charge is -2.31. The molecule has 1 aliphatic rings. The predicted molar refractivity (Wildman–Crippen MR) is 73.0 cm³/mol. The van der Waals surface area contributed by atoms with Crippen LogP contribution in [-0.2, 0) is 6.54 Å². The van der Waals surface area contributed by atoms with Gasteiger partial charge in [0.25, 0.3) is 0 Å². The lowest BCUT2D eigenvalue weighted by molar-refractivity contribution is 0.420. The second kappa shape index (κ2) is 5.67. The van der Waals surface area contributed by atoms with Gasteiger partial charge in [-0.15, -0.1) is 5.10 Å². The van der Waals surface area contributed by atoms with E-state index >= 15 is 0 Å². The zero-order chi connectivity index (χ0) is 12.3. The van der Waals surface area contributed by atoms with Crippen LogP contribution in [0.2, 0.25) is 0 Å². The molecule has 1 heterocycles. The maximum absolute atomic E-state index is 5.28. The Kier molecular flexibility index (Phi) is 4.20. The van der Waals surface area contributed by atoms with Crippen LogP contribution in [0.1, 0.15) is 45.4 Å². The number of anilines is 1. The lowest BCUT2D eigenvalue weighted by Crippen LogP contribution is -2.35. The van der Waals surface area contributed by atoms with Gasteiger partial charge in [0.1, 0.15) is 0 Å². The topological polar surface area (TPSA) is 36.9 Å². The molecule has 2 rings (SSSR count). The maximum Gasteiger partial charge on any atom is 0.225 e. The smallest absolute Gasteiger partial charge is 0.225 e. The summed E-state index contributed by atoms with van der Waals surface area (Å²) in [6.45, 7) is 3.11. The van der Waals surface area contributed by atoms with E-state index in [1.165, 1.54) is 32.1 Å². The highest BCUT2D eigenvalue weighted by molar-refractivity contribution is 7.71. The number of H-pyrrole nitrogens is 1. The van der Waals surface area contributed by atoms with E-state index in [0.717, 1.165) is 23.7 Å². The van der Waals surface area contributed by atoms with Gasteiger partial charge in [-0.05, 0) is 31.5 Å². The molecule has 0 aliphatic heterocycles. The Morgan fingerprint density at radius 1 is 1.41 bits per heavy atom. The summed E-state index contributed by atoms with van der Waals surface area (Å²) in [6.07, 6.45) is 7.71. The van der Waals surface area contributed by atoms with Gasteiger partial charge in [-0.25, -0.2) is 5.10 Å². The van der Waals surface area contributed by atoms with E-state index in [1.807, 2.05) is 0 Å². The van der Waals surface area contributed by atoms with Gasteiger partial charge in [0.15, 0.2) is 4.77 Å². The molecule has 0 radical (unpaired) electrons. The first-order valence-electron chi connectivity index (χ1n) is 6.62. The third kappa shape index (κ3) is 2.70. The minimum atomic E-state index is 0.629. The van der Waals surface area contributed by atoms with Crippen molar-refractivity contribution >= 4 is 18.2 Å². The molecule has 1 saturated carbocycles. The second-order valence-electron chi connectivity index (χ2n) is 4.88. The molecule has 0 bridgehead atoms. The first-order valence-corrected chi connectivity index (χ1v) is 7.03. The Morgan fingerprint density at radius 2 is 2.12 bits per heavy atom. The van der Waals surface area contributed by atoms with Crippen molar-refractivity contribution in [3.8, 4) is 0 Å². The quantitative estimate of drug-likeness (QED) is 0.839. The molecule has 96 valence electrons. The molecule has 0 amide bonds. The Labute approximate surface area is 108 Å². The van der Waals surface area contributed by atoms with Crippen molar-refractivity contribution in [2.45, 2.75) is 58.0 Å². The normalized spacial score (nSPS) is 17.3. The molecule has 0 spiro atoms. The van der Waals surface area contributed by atoms with Gasteiger partial charge in [-0.3, -0.25) is 4.57 Å². The number of aromatic amines is 1. The summed E-state index contributed by atoms with van der Waals surface area (Å²) in [6, 6.07) is 0.629. The van der Waals surface area contributed by atoms with Crippen LogP contribution in [0.25, 0.3) is 0 Å². The third-order valence-electron chi connectivity index (χ3n) is 3.62. The van der Waals surface area contributed by atoms with Crippen molar-refractivity contribution < 1.29 is 0 Å². The van der Waals surface area contributed by atoms with Gasteiger partial charge in [-0.1, -0.05) is 26.2 Å². The largest absolute Gasteiger partial charge is 0.341 e. The van der Waals surface area contributed by atoms with Crippen LogP contribution < -0.4 is 4.90 Å². The maximum atomic E-state index is 5.28. The second-order valence-corrected chi connectivity index (χ2v) is 5.27. The molecule has 0 saturated heterocycles. The van der Waals surface area contributed by atoms with Crippen LogP contribution in [0.4, 0.5) is 5.95 Å². The lowest BCUT2D eigenvalue weighted by atomic mass is 9.95. The molecule has 1 fully saturated rings. The van der Waals surface area contributed by atoms with Crippen molar-refractivity contribution in [2.24, 2.45) is 0 Å². The molecule has 4 nitrogen and oxygen atoms in total. The molecule has 5 heteroatoms. The first-order chi connectivity index (χ1) is 8.24. The monoisotopic (exact) mass is 254 g/mol. The van der Waals surface area contributed by atoms with Crippen molar-refractivity contribution in [1.82, 2.24) is 14.8 Å². The fourth-order valence-corrected chi connectivity index (χ4v) is 2.85. The molecular weight excluding hydrogens is 232 g/mol. The minimum Gasteiger partial charge on any atom is -0.341 e. The average Bonchev–Trinajstić information content (AvgIpc) is 2.72. The third-order valence-corrected chi connectivity index (χ3v) is 3.93. The summed E-state index contributed by atoms with van der Waals surface area (Å²) in [5.41, 5.74) is 0. The Bertz CT molecular complexity index is 403. The van der Waals surface area contributed by atoms with Crippen LogP contribution in [-0.4, -0.2) is 27.9 Å². The molecule has 17 heavy (non-hydrogen) atoms. The van der Waals surface area contributed by atoms with Gasteiger partial charge in [0.05, 0.1) is 0 Å². The van der Waals surface area contributed by atoms with Gasteiger partial charge in [0.2, 0.25) is 5.95 Å². The van der Waals surface area contributed by atoms with Crippen LogP contribution in [0.5, 0.6) is 0 Å². The fourth-order valence-electron chi connectivity index (χ4n) is 2.64. The first kappa shape index (κ1) is 12.6. The van der Waals surface area contributed by atoms with Crippen LogP contribution >= 0.6 is 12.2 Å². The zero-order valence-electron chi connectivity index (χ0n) is 10.8. The van der Waals surface area contributed by atoms with Gasteiger partial charge >= 0.3 is 0 Å². The summed E-state index contributed by atoms with van der Waals surface area (Å²) < 4.78 is 2.86. The average molecular weight is 254 g/mol. The summed E-state index contributed by atoms with van der Waals surface area (Å²) in [7, 11) is 2.15. The van der Waals surface area contributed by atoms with E-state index in [1.54, 1.807) is 0 Å². The van der Waals surface area contributed by atoms with Crippen LogP contribution in [0.3, 0.4) is 0 Å². The fraction of sp³-hybridized carbons (Fsp3) is 0.833. The van der Waals surface area contributed by atoms with E-state index < -0.39 is 0 Å². The van der Waals surface area contributed by atoms with E-state index in [4.69, 9.17) is 12.2 Å². The highest BCUT2D eigenvalue weighted by Gasteiger charge is 2.21. The van der Waals surface area contributed by atoms with Crippen LogP contribution in [0.15, 0.2) is 0 Å². The van der Waals surface area contributed by atoms with E-state index in [9.17, 15) is 0 Å². The van der Waals surface area contributed by atoms with Crippen molar-refractivity contribution in [2.75, 3.05) is 11.9 Å². The minimum absolute atomic E-state index is 0.629. The van der Waals surface area contributed by atoms with Crippen LogP contribution in [0, 0.1) is 4.77 Å². The predicted octanol–water partition coefficient (Wildman–Crippen LogP) is 3.12. The molecule has 0 atom stereocenters. The Morgan fingerprint density at radius 3 is 2.76 bits per heavy atom. The number of hydrogen-bond acceptors (Lipinski definition) is 3. The molecular formula is C12H22N4S. The number of aromatic nitrogens is 3. The van der Waals surface area contributed by atoms with Crippen molar-refractivity contribution in [3.63, 3.8) is 0 Å². The molecule has 0 unspecified atom stereocenters. The number of hydrogen-bond donors (Lipinski definition) is 1. The van der Waals surface area contributed by atoms with Gasteiger partial charge in [-0.2, -0.15) is 0 Å². The van der Waals surface area contributed by atoms with Gasteiger partial charge < -0.3 is 4.90 Å². The zero-order valence-corrected chi connectivity index (χ0v) is 11.6. The van der Waals surface area contributed by atoms with E-state index in [0.29, 0.717) is 6.04 Å². The Hall–Kier alpha value is -0.840. The highest BCUT2D eigenvalue weighted by Crippen LogP contribution is 2.25. The number of nitrogens with zero attached hydrogens (tertiary/aromatic N) is 3. The van der Waals surface area contributed by atoms with Crippen molar-refractivity contribution in [3.05, 3.63) is 4.77 Å². The summed E-state index contributed by atoms with van der Waals surface area (Å²) in [5, 5.41) is 7.30. The number of rotatable bonds is 4. The SMILES string of the molecule is CCCn1c(N(C)C2CCCCC2)n[nH]c1=S.